The van der Waals surface area contributed by atoms with Gasteiger partial charge < -0.3 is 0 Å². The van der Waals surface area contributed by atoms with Crippen molar-refractivity contribution in [1.82, 2.24) is 20.0 Å². The quantitative estimate of drug-likeness (QED) is 0.474. The number of hydrogen-bond donors (Lipinski definition) is 0. The van der Waals surface area contributed by atoms with Gasteiger partial charge in [-0.3, -0.25) is 0 Å². The van der Waals surface area contributed by atoms with Gasteiger partial charge in [-0.2, -0.15) is 0 Å². The van der Waals surface area contributed by atoms with Gasteiger partial charge in [0.1, 0.15) is 0 Å². The fraction of sp³-hybridized carbons (Fsp3) is 1.00. The summed E-state index contributed by atoms with van der Waals surface area (Å²) in [5, 5.41) is 9.34. The lowest BCUT2D eigenvalue weighted by Crippen LogP contribution is -2.58. The van der Waals surface area contributed by atoms with Crippen LogP contribution in [0, 0.1) is 0 Å². The highest BCUT2D eigenvalue weighted by Crippen LogP contribution is 2.15. The minimum Gasteiger partial charge on any atom is -0.228 e. The minimum atomic E-state index is 1.05. The minimum absolute atomic E-state index is 1.05. The van der Waals surface area contributed by atoms with Crippen LogP contribution in [0.4, 0.5) is 0 Å². The molecule has 0 bridgehead atoms. The summed E-state index contributed by atoms with van der Waals surface area (Å²) in [6, 6.07) is 0. The molecule has 2 fully saturated rings. The van der Waals surface area contributed by atoms with E-state index in [1.54, 1.807) is 0 Å². The van der Waals surface area contributed by atoms with E-state index in [0.29, 0.717) is 0 Å². The van der Waals surface area contributed by atoms with E-state index in [9.17, 15) is 0 Å². The van der Waals surface area contributed by atoms with Gasteiger partial charge in [-0.15, -0.1) is 0 Å². The summed E-state index contributed by atoms with van der Waals surface area (Å²) in [5.74, 6) is 0. The Balaban J connectivity index is 2.00. The Hall–Kier alpha value is -0.160. The van der Waals surface area contributed by atoms with Crippen LogP contribution in [0.2, 0.25) is 0 Å². The van der Waals surface area contributed by atoms with E-state index < -0.39 is 0 Å². The standard InChI is InChI=1S/C7H16N4/c1-8-6-10-4-3-5-11(10)7-9(8)2/h3-7H2,1-2H3. The molecular formula is C7H16N4. The van der Waals surface area contributed by atoms with Gasteiger partial charge in [0.05, 0.1) is 13.3 Å². The van der Waals surface area contributed by atoms with E-state index in [2.05, 4.69) is 34.1 Å². The lowest BCUT2D eigenvalue weighted by atomic mass is 10.5. The van der Waals surface area contributed by atoms with Crippen LogP contribution in [0.3, 0.4) is 0 Å². The van der Waals surface area contributed by atoms with Crippen LogP contribution in [-0.4, -0.2) is 60.6 Å². The van der Waals surface area contributed by atoms with Crippen LogP contribution in [0.1, 0.15) is 6.42 Å². The molecule has 2 aliphatic heterocycles. The molecule has 0 amide bonds. The van der Waals surface area contributed by atoms with Crippen molar-refractivity contribution in [2.45, 2.75) is 6.42 Å². The molecule has 11 heavy (non-hydrogen) atoms. The lowest BCUT2D eigenvalue weighted by Gasteiger charge is -2.43. The molecule has 2 rings (SSSR count). The Morgan fingerprint density at radius 3 is 1.73 bits per heavy atom. The van der Waals surface area contributed by atoms with Crippen LogP contribution in [0.5, 0.6) is 0 Å². The number of rotatable bonds is 0. The average molecular weight is 156 g/mol. The Morgan fingerprint density at radius 1 is 0.818 bits per heavy atom. The highest BCUT2D eigenvalue weighted by molar-refractivity contribution is 4.69. The molecule has 2 aliphatic rings. The van der Waals surface area contributed by atoms with Gasteiger partial charge in [0, 0.05) is 27.2 Å². The number of fused-ring (bicyclic) bond motifs is 1. The molecule has 4 heteroatoms. The second kappa shape index (κ2) is 2.71. The summed E-state index contributed by atoms with van der Waals surface area (Å²) in [5.41, 5.74) is 0. The second-order valence-corrected chi connectivity index (χ2v) is 3.41. The Kier molecular flexibility index (Phi) is 1.85. The van der Waals surface area contributed by atoms with E-state index in [4.69, 9.17) is 0 Å². The molecule has 4 nitrogen and oxygen atoms in total. The third-order valence-corrected chi connectivity index (χ3v) is 2.55. The molecule has 0 saturated carbocycles. The van der Waals surface area contributed by atoms with E-state index >= 15 is 0 Å². The van der Waals surface area contributed by atoms with Crippen LogP contribution >= 0.6 is 0 Å². The summed E-state index contributed by atoms with van der Waals surface area (Å²) in [4.78, 5) is 0. The predicted molar refractivity (Wildman–Crippen MR) is 43.3 cm³/mol. The maximum atomic E-state index is 2.42. The first-order valence-corrected chi connectivity index (χ1v) is 4.19. The molecule has 0 aromatic carbocycles. The highest BCUT2D eigenvalue weighted by Gasteiger charge is 2.29. The first kappa shape index (κ1) is 7.49. The summed E-state index contributed by atoms with van der Waals surface area (Å²) in [6.45, 7) is 4.57. The van der Waals surface area contributed by atoms with Crippen molar-refractivity contribution in [3.63, 3.8) is 0 Å². The lowest BCUT2D eigenvalue weighted by molar-refractivity contribution is -0.182. The van der Waals surface area contributed by atoms with Gasteiger partial charge in [-0.25, -0.2) is 20.0 Å². The first-order chi connectivity index (χ1) is 5.27. The number of nitrogens with zero attached hydrogens (tertiary/aromatic N) is 4. The van der Waals surface area contributed by atoms with Gasteiger partial charge in [0.2, 0.25) is 0 Å². The van der Waals surface area contributed by atoms with Crippen molar-refractivity contribution in [3.05, 3.63) is 0 Å². The molecule has 0 unspecified atom stereocenters. The molecule has 2 heterocycles. The smallest absolute Gasteiger partial charge is 0.0784 e. The van der Waals surface area contributed by atoms with Crippen LogP contribution in [-0.2, 0) is 0 Å². The molecule has 0 radical (unpaired) electrons. The Labute approximate surface area is 67.9 Å². The van der Waals surface area contributed by atoms with Crippen molar-refractivity contribution in [2.24, 2.45) is 0 Å². The topological polar surface area (TPSA) is 13.0 Å². The number of hydrazine groups is 2. The van der Waals surface area contributed by atoms with Crippen molar-refractivity contribution < 1.29 is 0 Å². The molecule has 0 N–H and O–H groups in total. The fourth-order valence-corrected chi connectivity index (χ4v) is 1.73. The summed E-state index contributed by atoms with van der Waals surface area (Å²) in [7, 11) is 4.27. The highest BCUT2D eigenvalue weighted by atomic mass is 15.8. The summed E-state index contributed by atoms with van der Waals surface area (Å²) in [6.07, 6.45) is 1.32. The SMILES string of the molecule is CN1CN2CCCN2CN1C. The Bertz CT molecular complexity index is 133. The third kappa shape index (κ3) is 1.27. The van der Waals surface area contributed by atoms with Crippen LogP contribution < -0.4 is 0 Å². The summed E-state index contributed by atoms with van der Waals surface area (Å²) < 4.78 is 0. The molecule has 0 atom stereocenters. The molecule has 0 aliphatic carbocycles. The molecular weight excluding hydrogens is 140 g/mol. The third-order valence-electron chi connectivity index (χ3n) is 2.55. The molecule has 0 aromatic rings. The average Bonchev–Trinajstić information content (AvgIpc) is 2.36. The van der Waals surface area contributed by atoms with Crippen molar-refractivity contribution >= 4 is 0 Å². The van der Waals surface area contributed by atoms with Gasteiger partial charge in [-0.1, -0.05) is 0 Å². The molecule has 2 saturated heterocycles. The molecule has 0 spiro atoms. The maximum absolute atomic E-state index is 2.42. The fourth-order valence-electron chi connectivity index (χ4n) is 1.73. The summed E-state index contributed by atoms with van der Waals surface area (Å²) >= 11 is 0. The van der Waals surface area contributed by atoms with Gasteiger partial charge >= 0.3 is 0 Å². The van der Waals surface area contributed by atoms with Crippen molar-refractivity contribution in [3.8, 4) is 0 Å². The van der Waals surface area contributed by atoms with Gasteiger partial charge in [0.25, 0.3) is 0 Å². The first-order valence-electron chi connectivity index (χ1n) is 4.19. The van der Waals surface area contributed by atoms with E-state index in [0.717, 1.165) is 13.3 Å². The predicted octanol–water partition coefficient (Wildman–Crippen LogP) is -0.384. The zero-order valence-corrected chi connectivity index (χ0v) is 7.32. The van der Waals surface area contributed by atoms with Gasteiger partial charge in [-0.05, 0) is 6.42 Å². The van der Waals surface area contributed by atoms with Crippen molar-refractivity contribution in [2.75, 3.05) is 40.5 Å². The normalized spacial score (nSPS) is 31.1. The number of hydrogen-bond acceptors (Lipinski definition) is 4. The zero-order valence-electron chi connectivity index (χ0n) is 7.32. The van der Waals surface area contributed by atoms with E-state index in [-0.39, 0.29) is 0 Å². The maximum Gasteiger partial charge on any atom is 0.0784 e. The van der Waals surface area contributed by atoms with Gasteiger partial charge in [0.15, 0.2) is 0 Å². The van der Waals surface area contributed by atoms with Crippen LogP contribution in [0.15, 0.2) is 0 Å². The second-order valence-electron chi connectivity index (χ2n) is 3.41. The molecule has 0 aromatic heterocycles. The van der Waals surface area contributed by atoms with E-state index in [1.807, 2.05) is 0 Å². The Morgan fingerprint density at radius 2 is 1.27 bits per heavy atom. The monoisotopic (exact) mass is 156 g/mol. The van der Waals surface area contributed by atoms with E-state index in [1.165, 1.54) is 19.5 Å². The molecule has 64 valence electrons. The van der Waals surface area contributed by atoms with Crippen LogP contribution in [0.25, 0.3) is 0 Å². The zero-order chi connectivity index (χ0) is 7.84. The largest absolute Gasteiger partial charge is 0.228 e. The van der Waals surface area contributed by atoms with Crippen molar-refractivity contribution in [1.29, 1.82) is 0 Å².